The molecule has 6 heteroatoms. The third-order valence-electron chi connectivity index (χ3n) is 6.20. The van der Waals surface area contributed by atoms with Crippen LogP contribution in [0.5, 0.6) is 23.0 Å². The van der Waals surface area contributed by atoms with Gasteiger partial charge in [0.2, 0.25) is 0 Å². The Morgan fingerprint density at radius 1 is 0.844 bits per heavy atom. The molecule has 0 spiro atoms. The quantitative estimate of drug-likeness (QED) is 0.477. The predicted octanol–water partition coefficient (Wildman–Crippen LogP) is 4.70. The highest BCUT2D eigenvalue weighted by atomic mass is 16.5. The van der Waals surface area contributed by atoms with E-state index in [0.717, 1.165) is 43.0 Å². The molecule has 0 aliphatic rings. The normalized spacial score (nSPS) is 12.9. The molecule has 1 unspecified atom stereocenters. The van der Waals surface area contributed by atoms with E-state index in [0.29, 0.717) is 11.5 Å². The molecule has 6 nitrogen and oxygen atoms in total. The van der Waals surface area contributed by atoms with Gasteiger partial charge in [-0.3, -0.25) is 0 Å². The molecule has 0 saturated heterocycles. The van der Waals surface area contributed by atoms with Gasteiger partial charge in [-0.15, -0.1) is 0 Å². The molecule has 0 aliphatic heterocycles. The lowest BCUT2D eigenvalue weighted by Gasteiger charge is -2.33. The van der Waals surface area contributed by atoms with E-state index in [2.05, 4.69) is 37.9 Å². The minimum absolute atomic E-state index is 0.143. The number of ether oxygens (including phenoxy) is 4. The van der Waals surface area contributed by atoms with Crippen LogP contribution in [0.15, 0.2) is 36.4 Å². The maximum absolute atomic E-state index is 10.3. The van der Waals surface area contributed by atoms with Gasteiger partial charge in [-0.2, -0.15) is 5.26 Å². The van der Waals surface area contributed by atoms with E-state index in [9.17, 15) is 5.26 Å². The van der Waals surface area contributed by atoms with Gasteiger partial charge in [-0.05, 0) is 67.7 Å². The van der Waals surface area contributed by atoms with Crippen molar-refractivity contribution in [1.29, 1.82) is 5.26 Å². The van der Waals surface area contributed by atoms with Crippen LogP contribution in [0.4, 0.5) is 0 Å². The first kappa shape index (κ1) is 25.4. The molecule has 0 aromatic heterocycles. The molecule has 0 fully saturated rings. The lowest BCUT2D eigenvalue weighted by molar-refractivity contribution is 0.272. The molecule has 0 N–H and O–H groups in total. The van der Waals surface area contributed by atoms with Crippen molar-refractivity contribution in [3.05, 3.63) is 47.5 Å². The van der Waals surface area contributed by atoms with Crippen LogP contribution in [0.1, 0.15) is 31.4 Å². The second kappa shape index (κ2) is 11.6. The molecule has 32 heavy (non-hydrogen) atoms. The Morgan fingerprint density at radius 3 is 1.94 bits per heavy atom. The van der Waals surface area contributed by atoms with Crippen molar-refractivity contribution in [2.75, 3.05) is 48.6 Å². The molecule has 2 rings (SSSR count). The molecule has 2 aromatic carbocycles. The average Bonchev–Trinajstić information content (AvgIpc) is 2.82. The molecule has 174 valence electrons. The molecular formula is C26H36N2O4. The number of rotatable bonds is 12. The number of hydrogen-bond acceptors (Lipinski definition) is 6. The van der Waals surface area contributed by atoms with Crippen LogP contribution in [0.2, 0.25) is 0 Å². The minimum atomic E-state index is -0.614. The molecule has 0 aliphatic carbocycles. The van der Waals surface area contributed by atoms with E-state index in [1.807, 2.05) is 30.3 Å². The van der Waals surface area contributed by atoms with Crippen molar-refractivity contribution < 1.29 is 18.9 Å². The zero-order chi connectivity index (χ0) is 23.7. The second-order valence-electron chi connectivity index (χ2n) is 8.30. The maximum atomic E-state index is 10.3. The highest BCUT2D eigenvalue weighted by Gasteiger charge is 2.36. The summed E-state index contributed by atoms with van der Waals surface area (Å²) in [5.74, 6) is 2.93. The maximum Gasteiger partial charge on any atom is 0.161 e. The van der Waals surface area contributed by atoms with Crippen molar-refractivity contribution in [2.24, 2.45) is 5.92 Å². The van der Waals surface area contributed by atoms with E-state index >= 15 is 0 Å². The van der Waals surface area contributed by atoms with Crippen LogP contribution >= 0.6 is 0 Å². The van der Waals surface area contributed by atoms with E-state index < -0.39 is 5.41 Å². The van der Waals surface area contributed by atoms with Gasteiger partial charge in [0, 0.05) is 6.54 Å². The number of likely N-dealkylation sites (N-methyl/N-ethyl adjacent to an activating group) is 1. The Labute approximate surface area is 192 Å². The first-order chi connectivity index (χ1) is 15.3. The first-order valence-corrected chi connectivity index (χ1v) is 10.9. The van der Waals surface area contributed by atoms with E-state index in [1.165, 1.54) is 5.56 Å². The molecule has 2 aromatic rings. The Kier molecular flexibility index (Phi) is 9.22. The summed E-state index contributed by atoms with van der Waals surface area (Å²) in [7, 11) is 8.62. The highest BCUT2D eigenvalue weighted by Crippen LogP contribution is 2.39. The summed E-state index contributed by atoms with van der Waals surface area (Å²) in [5.41, 5.74) is 1.53. The van der Waals surface area contributed by atoms with Crippen molar-refractivity contribution in [2.45, 2.75) is 32.1 Å². The van der Waals surface area contributed by atoms with Gasteiger partial charge in [0.05, 0.1) is 39.9 Å². The van der Waals surface area contributed by atoms with Crippen LogP contribution in [0, 0.1) is 17.2 Å². The second-order valence-corrected chi connectivity index (χ2v) is 8.30. The summed E-state index contributed by atoms with van der Waals surface area (Å²) >= 11 is 0. The zero-order valence-electron chi connectivity index (χ0n) is 20.4. The van der Waals surface area contributed by atoms with Crippen molar-refractivity contribution in [3.63, 3.8) is 0 Å². The predicted molar refractivity (Wildman–Crippen MR) is 127 cm³/mol. The Bertz CT molecular complexity index is 923. The molecule has 0 heterocycles. The van der Waals surface area contributed by atoms with Crippen molar-refractivity contribution in [1.82, 2.24) is 4.90 Å². The van der Waals surface area contributed by atoms with Crippen LogP contribution in [-0.4, -0.2) is 53.5 Å². The van der Waals surface area contributed by atoms with Gasteiger partial charge in [-0.25, -0.2) is 0 Å². The third kappa shape index (κ3) is 5.66. The largest absolute Gasteiger partial charge is 0.493 e. The van der Waals surface area contributed by atoms with Crippen LogP contribution in [0.3, 0.4) is 0 Å². The molecule has 1 atom stereocenters. The average molecular weight is 441 g/mol. The topological polar surface area (TPSA) is 64.0 Å². The summed E-state index contributed by atoms with van der Waals surface area (Å²) in [4.78, 5) is 2.27. The number of hydrogen-bond donors (Lipinski definition) is 0. The molecule has 0 saturated carbocycles. The van der Waals surface area contributed by atoms with Gasteiger partial charge in [0.25, 0.3) is 0 Å². The van der Waals surface area contributed by atoms with Crippen LogP contribution in [0.25, 0.3) is 0 Å². The summed E-state index contributed by atoms with van der Waals surface area (Å²) in [5, 5.41) is 10.3. The van der Waals surface area contributed by atoms with E-state index in [1.54, 1.807) is 28.4 Å². The minimum Gasteiger partial charge on any atom is -0.493 e. The van der Waals surface area contributed by atoms with Crippen molar-refractivity contribution in [3.8, 4) is 29.1 Å². The first-order valence-electron chi connectivity index (χ1n) is 10.9. The summed E-state index contributed by atoms with van der Waals surface area (Å²) in [6, 6.07) is 14.4. The number of nitriles is 1. The number of methoxy groups -OCH3 is 4. The smallest absolute Gasteiger partial charge is 0.161 e. The summed E-state index contributed by atoms with van der Waals surface area (Å²) in [6.45, 7) is 5.88. The van der Waals surface area contributed by atoms with Crippen molar-refractivity contribution >= 4 is 0 Å². The van der Waals surface area contributed by atoms with E-state index in [4.69, 9.17) is 18.9 Å². The molecule has 0 amide bonds. The van der Waals surface area contributed by atoms with Gasteiger partial charge in [0.15, 0.2) is 23.0 Å². The number of benzene rings is 2. The van der Waals surface area contributed by atoms with Crippen LogP contribution in [-0.2, 0) is 11.8 Å². The van der Waals surface area contributed by atoms with Gasteiger partial charge in [0.1, 0.15) is 0 Å². The molecular weight excluding hydrogens is 404 g/mol. The molecule has 0 radical (unpaired) electrons. The fraction of sp³-hybridized carbons (Fsp3) is 0.500. The summed E-state index contributed by atoms with van der Waals surface area (Å²) in [6.07, 6.45) is 1.60. The Morgan fingerprint density at radius 2 is 1.41 bits per heavy atom. The lowest BCUT2D eigenvalue weighted by Crippen LogP contribution is -2.35. The standard InChI is InChI=1S/C26H36N2O4/c1-19(2)26(18-27,21-9-11-23(30-5)25(17-21)32-7)13-15-28(3)14-12-20-8-10-22(29-4)24(16-20)31-6/h8-11,16-17,19H,12-15H2,1-7H3. The highest BCUT2D eigenvalue weighted by molar-refractivity contribution is 5.47. The lowest BCUT2D eigenvalue weighted by atomic mass is 9.70. The molecule has 0 bridgehead atoms. The monoisotopic (exact) mass is 440 g/mol. The van der Waals surface area contributed by atoms with Crippen LogP contribution < -0.4 is 18.9 Å². The Balaban J connectivity index is 2.11. The SMILES string of the molecule is COc1ccc(CCN(C)CCC(C#N)(c2ccc(OC)c(OC)c2)C(C)C)cc1OC. The van der Waals surface area contributed by atoms with E-state index in [-0.39, 0.29) is 5.92 Å². The van der Waals surface area contributed by atoms with Gasteiger partial charge in [-0.1, -0.05) is 26.0 Å². The third-order valence-corrected chi connectivity index (χ3v) is 6.20. The fourth-order valence-electron chi connectivity index (χ4n) is 3.96. The summed E-state index contributed by atoms with van der Waals surface area (Å²) < 4.78 is 21.6. The van der Waals surface area contributed by atoms with Gasteiger partial charge >= 0.3 is 0 Å². The zero-order valence-corrected chi connectivity index (χ0v) is 20.4. The fourth-order valence-corrected chi connectivity index (χ4v) is 3.96. The Hall–Kier alpha value is -2.91. The van der Waals surface area contributed by atoms with Gasteiger partial charge < -0.3 is 23.8 Å². The number of nitrogens with zero attached hydrogens (tertiary/aromatic N) is 2.